The van der Waals surface area contributed by atoms with Crippen molar-refractivity contribution in [3.05, 3.63) is 24.0 Å². The standard InChI is InChI=1S/C21H26F5N7O5S/c1-11(21(24,25)26)33-39(36,37)13-7-8-15(27-9-13)29-19(34)16(12-5-3-2-4-6-12)30-20(35)17-18(32-38-31-17)28-10-14(22)23/h7-9,11-12,14,16,33H,2-6,10H2,1H3,(H,28,32)(H,30,35)(H,27,29,34)/t11-,16-/m0/s1. The van der Waals surface area contributed by atoms with E-state index in [9.17, 15) is 40.0 Å². The van der Waals surface area contributed by atoms with Gasteiger partial charge in [0.15, 0.2) is 0 Å². The van der Waals surface area contributed by atoms with Gasteiger partial charge in [-0.2, -0.15) is 17.9 Å². The van der Waals surface area contributed by atoms with E-state index >= 15 is 0 Å². The van der Waals surface area contributed by atoms with Crippen molar-refractivity contribution < 1.29 is 44.6 Å². The van der Waals surface area contributed by atoms with Crippen LogP contribution in [0.15, 0.2) is 27.9 Å². The number of hydrogen-bond donors (Lipinski definition) is 4. The maximum atomic E-state index is 13.2. The second-order valence-corrected chi connectivity index (χ2v) is 10.5. The first kappa shape index (κ1) is 30.1. The van der Waals surface area contributed by atoms with Crippen LogP contribution in [0.4, 0.5) is 33.6 Å². The first-order valence-electron chi connectivity index (χ1n) is 11.8. The van der Waals surface area contributed by atoms with Crippen LogP contribution in [0.1, 0.15) is 49.5 Å². The number of amides is 2. The summed E-state index contributed by atoms with van der Waals surface area (Å²) in [5, 5.41) is 14.0. The first-order chi connectivity index (χ1) is 18.3. The Bertz CT molecular complexity index is 1230. The lowest BCUT2D eigenvalue weighted by molar-refractivity contribution is -0.147. The number of carbonyl (C=O) groups excluding carboxylic acids is 2. The highest BCUT2D eigenvalue weighted by molar-refractivity contribution is 7.89. The van der Waals surface area contributed by atoms with E-state index in [1.54, 1.807) is 0 Å². The first-order valence-corrected chi connectivity index (χ1v) is 13.3. The number of aromatic nitrogens is 3. The van der Waals surface area contributed by atoms with Gasteiger partial charge in [0.05, 0.1) is 6.54 Å². The Balaban J connectivity index is 1.73. The zero-order valence-corrected chi connectivity index (χ0v) is 21.3. The third-order valence-corrected chi connectivity index (χ3v) is 7.46. The normalized spacial score (nSPS) is 16.5. The highest BCUT2D eigenvalue weighted by Crippen LogP contribution is 2.28. The van der Waals surface area contributed by atoms with Gasteiger partial charge >= 0.3 is 6.18 Å². The molecule has 0 radical (unpaired) electrons. The highest BCUT2D eigenvalue weighted by Gasteiger charge is 2.39. The zero-order valence-electron chi connectivity index (χ0n) is 20.5. The van der Waals surface area contributed by atoms with Gasteiger partial charge in [-0.1, -0.05) is 19.3 Å². The molecule has 0 saturated heterocycles. The molecular weight excluding hydrogens is 557 g/mol. The summed E-state index contributed by atoms with van der Waals surface area (Å²) in [5.41, 5.74) is -0.433. The number of halogens is 5. The minimum Gasteiger partial charge on any atom is -0.359 e. The van der Waals surface area contributed by atoms with E-state index in [2.05, 4.69) is 35.9 Å². The van der Waals surface area contributed by atoms with Crippen LogP contribution in [0.3, 0.4) is 0 Å². The van der Waals surface area contributed by atoms with Crippen molar-refractivity contribution in [2.45, 2.75) is 68.6 Å². The molecule has 0 aromatic carbocycles. The Morgan fingerprint density at radius 2 is 1.82 bits per heavy atom. The molecule has 18 heteroatoms. The lowest BCUT2D eigenvalue weighted by atomic mass is 9.83. The van der Waals surface area contributed by atoms with E-state index in [0.717, 1.165) is 37.6 Å². The zero-order chi connectivity index (χ0) is 28.8. The average Bonchev–Trinajstić information content (AvgIpc) is 3.35. The van der Waals surface area contributed by atoms with Crippen molar-refractivity contribution in [1.82, 2.24) is 25.3 Å². The molecule has 2 heterocycles. The summed E-state index contributed by atoms with van der Waals surface area (Å²) in [7, 11) is -4.55. The van der Waals surface area contributed by atoms with Crippen molar-refractivity contribution in [3.63, 3.8) is 0 Å². The molecule has 1 fully saturated rings. The molecule has 1 aliphatic rings. The lowest BCUT2D eigenvalue weighted by Gasteiger charge is -2.29. The fraction of sp³-hybridized carbons (Fsp3) is 0.571. The number of anilines is 2. The van der Waals surface area contributed by atoms with Gasteiger partial charge in [0, 0.05) is 6.20 Å². The Hall–Kier alpha value is -3.41. The van der Waals surface area contributed by atoms with Crippen LogP contribution in [0, 0.1) is 5.92 Å². The summed E-state index contributed by atoms with van der Waals surface area (Å²) >= 11 is 0. The highest BCUT2D eigenvalue weighted by atomic mass is 32.2. The number of sulfonamides is 1. The predicted octanol–water partition coefficient (Wildman–Crippen LogP) is 2.69. The minimum atomic E-state index is -4.80. The number of hydrogen-bond acceptors (Lipinski definition) is 9. The number of nitrogens with zero attached hydrogens (tertiary/aromatic N) is 3. The third-order valence-electron chi connectivity index (χ3n) is 5.94. The number of carbonyl (C=O) groups is 2. The number of nitrogens with one attached hydrogen (secondary N) is 4. The molecule has 1 aliphatic carbocycles. The van der Waals surface area contributed by atoms with E-state index in [4.69, 9.17) is 0 Å². The molecule has 2 aromatic rings. The number of alkyl halides is 5. The van der Waals surface area contributed by atoms with Gasteiger partial charge in [-0.05, 0) is 48.1 Å². The molecule has 3 rings (SSSR count). The molecule has 39 heavy (non-hydrogen) atoms. The Kier molecular flexibility index (Phi) is 9.76. The third kappa shape index (κ3) is 8.29. The van der Waals surface area contributed by atoms with Crippen LogP contribution in [0.2, 0.25) is 0 Å². The van der Waals surface area contributed by atoms with E-state index in [1.807, 2.05) is 0 Å². The SMILES string of the molecule is C[C@H](NS(=O)(=O)c1ccc(NC(=O)[C@@H](NC(=O)c2nonc2NCC(F)F)C2CCCCC2)nc1)C(F)(F)F. The summed E-state index contributed by atoms with van der Waals surface area (Å²) in [6.45, 7) is -0.171. The molecular formula is C21H26F5N7O5S. The molecule has 0 unspecified atom stereocenters. The average molecular weight is 584 g/mol. The number of pyridine rings is 1. The lowest BCUT2D eigenvalue weighted by Crippen LogP contribution is -2.49. The van der Waals surface area contributed by atoms with E-state index in [-0.39, 0.29) is 17.6 Å². The maximum Gasteiger partial charge on any atom is 0.404 e. The smallest absolute Gasteiger partial charge is 0.359 e. The minimum absolute atomic E-state index is 0.125. The molecule has 0 spiro atoms. The molecule has 216 valence electrons. The van der Waals surface area contributed by atoms with Crippen molar-refractivity contribution in [2.75, 3.05) is 17.2 Å². The van der Waals surface area contributed by atoms with E-state index in [1.165, 1.54) is 4.72 Å². The Morgan fingerprint density at radius 1 is 1.13 bits per heavy atom. The van der Waals surface area contributed by atoms with Gasteiger partial charge in [-0.25, -0.2) is 26.8 Å². The second-order valence-electron chi connectivity index (χ2n) is 8.84. The summed E-state index contributed by atoms with van der Waals surface area (Å²) in [6, 6.07) is -1.41. The van der Waals surface area contributed by atoms with Crippen LogP contribution in [0.25, 0.3) is 0 Å². The molecule has 2 aromatic heterocycles. The van der Waals surface area contributed by atoms with Gasteiger partial charge in [0.1, 0.15) is 22.8 Å². The van der Waals surface area contributed by atoms with Crippen LogP contribution in [-0.4, -0.2) is 66.8 Å². The Labute approximate surface area is 219 Å². The van der Waals surface area contributed by atoms with Crippen LogP contribution in [0.5, 0.6) is 0 Å². The van der Waals surface area contributed by atoms with Crippen molar-refractivity contribution >= 4 is 33.5 Å². The summed E-state index contributed by atoms with van der Waals surface area (Å²) in [4.78, 5) is 29.2. The largest absolute Gasteiger partial charge is 0.404 e. The fourth-order valence-electron chi connectivity index (χ4n) is 3.89. The molecule has 2 amide bonds. The molecule has 0 aliphatic heterocycles. The van der Waals surface area contributed by atoms with Gasteiger partial charge in [-0.3, -0.25) is 9.59 Å². The molecule has 4 N–H and O–H groups in total. The van der Waals surface area contributed by atoms with E-state index in [0.29, 0.717) is 19.8 Å². The fourth-order valence-corrected chi connectivity index (χ4v) is 5.06. The van der Waals surface area contributed by atoms with Crippen molar-refractivity contribution in [3.8, 4) is 0 Å². The monoisotopic (exact) mass is 583 g/mol. The molecule has 1 saturated carbocycles. The number of rotatable bonds is 11. The molecule has 12 nitrogen and oxygen atoms in total. The predicted molar refractivity (Wildman–Crippen MR) is 125 cm³/mol. The van der Waals surface area contributed by atoms with Crippen molar-refractivity contribution in [2.24, 2.45) is 5.92 Å². The van der Waals surface area contributed by atoms with Gasteiger partial charge < -0.3 is 16.0 Å². The van der Waals surface area contributed by atoms with Crippen LogP contribution < -0.4 is 20.7 Å². The molecule has 0 bridgehead atoms. The summed E-state index contributed by atoms with van der Waals surface area (Å²) in [5.74, 6) is -2.37. The maximum absolute atomic E-state index is 13.2. The quantitative estimate of drug-likeness (QED) is 0.291. The van der Waals surface area contributed by atoms with Crippen LogP contribution in [-0.2, 0) is 14.8 Å². The van der Waals surface area contributed by atoms with E-state index < -0.39 is 63.7 Å². The topological polar surface area (TPSA) is 168 Å². The van der Waals surface area contributed by atoms with Crippen LogP contribution >= 0.6 is 0 Å². The molecule has 2 atom stereocenters. The van der Waals surface area contributed by atoms with Gasteiger partial charge in [0.2, 0.25) is 27.4 Å². The summed E-state index contributed by atoms with van der Waals surface area (Å²) in [6.07, 6.45) is -3.04. The summed E-state index contributed by atoms with van der Waals surface area (Å²) < 4.78 is 93.7. The van der Waals surface area contributed by atoms with Crippen molar-refractivity contribution in [1.29, 1.82) is 0 Å². The van der Waals surface area contributed by atoms with Gasteiger partial charge in [-0.15, -0.1) is 0 Å². The Morgan fingerprint density at radius 3 is 2.41 bits per heavy atom. The van der Waals surface area contributed by atoms with Gasteiger partial charge in [0.25, 0.3) is 12.3 Å². The second kappa shape index (κ2) is 12.6.